The minimum Gasteiger partial charge on any atom is -0.480 e. The molecule has 2 aromatic rings. The highest BCUT2D eigenvalue weighted by atomic mass is 16.5. The Morgan fingerprint density at radius 3 is 2.59 bits per heavy atom. The number of hydrogen-bond donors (Lipinski definition) is 1. The second-order valence-corrected chi connectivity index (χ2v) is 3.57. The molecule has 0 fully saturated rings. The van der Waals surface area contributed by atoms with Crippen molar-refractivity contribution in [1.82, 2.24) is 24.8 Å². The van der Waals surface area contributed by atoms with E-state index in [4.69, 9.17) is 4.74 Å². The van der Waals surface area contributed by atoms with Crippen LogP contribution in [0.4, 0.5) is 0 Å². The van der Waals surface area contributed by atoms with Crippen molar-refractivity contribution in [3.05, 3.63) is 36.3 Å². The lowest BCUT2D eigenvalue weighted by Crippen LogP contribution is -2.23. The fraction of sp³-hybridized carbons (Fsp3) is 0.364. The van der Waals surface area contributed by atoms with Crippen molar-refractivity contribution in [2.75, 3.05) is 14.2 Å². The molecule has 17 heavy (non-hydrogen) atoms. The van der Waals surface area contributed by atoms with Crippen LogP contribution in [0.15, 0.2) is 24.8 Å². The number of methoxy groups -OCH3 is 1. The number of nitrogens with zero attached hydrogens (tertiary/aromatic N) is 4. The lowest BCUT2D eigenvalue weighted by Gasteiger charge is -2.16. The maximum absolute atomic E-state index is 5.22. The molecule has 0 amide bonds. The van der Waals surface area contributed by atoms with Gasteiger partial charge in [-0.3, -0.25) is 4.98 Å². The SMILES string of the molecule is CNC(c1nccnc1OC)c1nccn1C. The molecule has 6 nitrogen and oxygen atoms in total. The van der Waals surface area contributed by atoms with E-state index in [2.05, 4.69) is 20.3 Å². The van der Waals surface area contributed by atoms with Crippen molar-refractivity contribution in [3.63, 3.8) is 0 Å². The largest absolute Gasteiger partial charge is 0.480 e. The molecule has 0 radical (unpaired) electrons. The summed E-state index contributed by atoms with van der Waals surface area (Å²) in [5.74, 6) is 1.38. The number of ether oxygens (including phenoxy) is 1. The summed E-state index contributed by atoms with van der Waals surface area (Å²) >= 11 is 0. The lowest BCUT2D eigenvalue weighted by molar-refractivity contribution is 0.382. The van der Waals surface area contributed by atoms with Crippen LogP contribution in [0.5, 0.6) is 5.88 Å². The van der Waals surface area contributed by atoms with Crippen LogP contribution in [-0.2, 0) is 7.05 Å². The molecule has 0 bridgehead atoms. The normalized spacial score (nSPS) is 12.4. The van der Waals surface area contributed by atoms with E-state index in [-0.39, 0.29) is 6.04 Å². The summed E-state index contributed by atoms with van der Waals surface area (Å²) in [4.78, 5) is 12.8. The summed E-state index contributed by atoms with van der Waals surface area (Å²) in [7, 11) is 5.38. The molecule has 0 aliphatic rings. The first kappa shape index (κ1) is 11.5. The first-order valence-corrected chi connectivity index (χ1v) is 5.27. The molecule has 2 rings (SSSR count). The van der Waals surface area contributed by atoms with E-state index in [0.29, 0.717) is 5.88 Å². The third-order valence-electron chi connectivity index (χ3n) is 2.56. The number of aromatic nitrogens is 4. The van der Waals surface area contributed by atoms with Gasteiger partial charge in [0.05, 0.1) is 7.11 Å². The van der Waals surface area contributed by atoms with Crippen molar-refractivity contribution in [1.29, 1.82) is 0 Å². The van der Waals surface area contributed by atoms with E-state index in [1.165, 1.54) is 0 Å². The second-order valence-electron chi connectivity index (χ2n) is 3.57. The molecule has 0 aromatic carbocycles. The molecule has 2 aromatic heterocycles. The van der Waals surface area contributed by atoms with Gasteiger partial charge in [0.2, 0.25) is 5.88 Å². The number of aryl methyl sites for hydroxylation is 1. The van der Waals surface area contributed by atoms with Gasteiger partial charge in [-0.2, -0.15) is 0 Å². The molecule has 0 aliphatic carbocycles. The molecular weight excluding hydrogens is 218 g/mol. The Morgan fingerprint density at radius 2 is 2.00 bits per heavy atom. The van der Waals surface area contributed by atoms with Crippen LogP contribution in [0.25, 0.3) is 0 Å². The Kier molecular flexibility index (Phi) is 3.34. The van der Waals surface area contributed by atoms with Crippen molar-refractivity contribution in [2.45, 2.75) is 6.04 Å². The van der Waals surface area contributed by atoms with Crippen LogP contribution in [0, 0.1) is 0 Å². The monoisotopic (exact) mass is 233 g/mol. The summed E-state index contributed by atoms with van der Waals surface area (Å²) in [6.07, 6.45) is 6.89. The number of imidazole rings is 1. The summed E-state index contributed by atoms with van der Waals surface area (Å²) in [6.45, 7) is 0. The van der Waals surface area contributed by atoms with Crippen LogP contribution in [-0.4, -0.2) is 33.7 Å². The van der Waals surface area contributed by atoms with Crippen molar-refractivity contribution >= 4 is 0 Å². The van der Waals surface area contributed by atoms with Gasteiger partial charge in [0.1, 0.15) is 17.6 Å². The third-order valence-corrected chi connectivity index (χ3v) is 2.56. The zero-order chi connectivity index (χ0) is 12.3. The van der Waals surface area contributed by atoms with Crippen LogP contribution < -0.4 is 10.1 Å². The van der Waals surface area contributed by atoms with E-state index in [0.717, 1.165) is 11.5 Å². The van der Waals surface area contributed by atoms with Gasteiger partial charge in [-0.15, -0.1) is 0 Å². The Labute approximate surface area is 99.7 Å². The fourth-order valence-corrected chi connectivity index (χ4v) is 1.73. The highest BCUT2D eigenvalue weighted by molar-refractivity contribution is 5.26. The minimum atomic E-state index is -0.140. The molecule has 0 spiro atoms. The zero-order valence-electron chi connectivity index (χ0n) is 10.1. The molecule has 0 saturated carbocycles. The van der Waals surface area contributed by atoms with E-state index < -0.39 is 0 Å². The highest BCUT2D eigenvalue weighted by Crippen LogP contribution is 2.24. The predicted molar refractivity (Wildman–Crippen MR) is 62.7 cm³/mol. The summed E-state index contributed by atoms with van der Waals surface area (Å²) in [5.41, 5.74) is 0.729. The molecule has 0 saturated heterocycles. The van der Waals surface area contributed by atoms with Gasteiger partial charge in [0.15, 0.2) is 0 Å². The van der Waals surface area contributed by atoms with E-state index in [9.17, 15) is 0 Å². The maximum atomic E-state index is 5.22. The number of rotatable bonds is 4. The molecule has 0 aliphatic heterocycles. The van der Waals surface area contributed by atoms with Crippen LogP contribution >= 0.6 is 0 Å². The topological polar surface area (TPSA) is 64.9 Å². The van der Waals surface area contributed by atoms with Crippen molar-refractivity contribution < 1.29 is 4.74 Å². The molecule has 1 N–H and O–H groups in total. The van der Waals surface area contributed by atoms with Gasteiger partial charge in [-0.1, -0.05) is 0 Å². The van der Waals surface area contributed by atoms with Gasteiger partial charge < -0.3 is 14.6 Å². The Balaban J connectivity index is 2.46. The lowest BCUT2D eigenvalue weighted by atomic mass is 10.2. The summed E-state index contributed by atoms with van der Waals surface area (Å²) < 4.78 is 7.16. The highest BCUT2D eigenvalue weighted by Gasteiger charge is 2.22. The van der Waals surface area contributed by atoms with E-state index in [1.54, 1.807) is 25.7 Å². The molecule has 90 valence electrons. The molecular formula is C11H15N5O. The Bertz CT molecular complexity index is 496. The van der Waals surface area contributed by atoms with Crippen LogP contribution in [0.2, 0.25) is 0 Å². The van der Waals surface area contributed by atoms with Crippen LogP contribution in [0.3, 0.4) is 0 Å². The predicted octanol–water partition coefficient (Wildman–Crippen LogP) is 0.527. The average Bonchev–Trinajstić information content (AvgIpc) is 2.78. The van der Waals surface area contributed by atoms with Gasteiger partial charge in [0.25, 0.3) is 0 Å². The smallest absolute Gasteiger partial charge is 0.237 e. The van der Waals surface area contributed by atoms with Gasteiger partial charge in [0, 0.05) is 31.8 Å². The third kappa shape index (κ3) is 2.12. The minimum absolute atomic E-state index is 0.140. The fourth-order valence-electron chi connectivity index (χ4n) is 1.73. The van der Waals surface area contributed by atoms with Crippen LogP contribution in [0.1, 0.15) is 17.6 Å². The van der Waals surface area contributed by atoms with Crippen molar-refractivity contribution in [2.24, 2.45) is 7.05 Å². The molecule has 6 heteroatoms. The molecule has 1 unspecified atom stereocenters. The standard InChI is InChI=1S/C11H15N5O/c1-12-8(10-14-6-7-16(10)2)9-11(17-3)15-5-4-13-9/h4-8,12H,1-3H3. The Hall–Kier alpha value is -1.95. The average molecular weight is 233 g/mol. The van der Waals surface area contributed by atoms with Crippen molar-refractivity contribution in [3.8, 4) is 5.88 Å². The molecule has 1 atom stereocenters. The van der Waals surface area contributed by atoms with E-state index >= 15 is 0 Å². The van der Waals surface area contributed by atoms with Gasteiger partial charge in [-0.05, 0) is 7.05 Å². The summed E-state index contributed by atoms with van der Waals surface area (Å²) in [6, 6.07) is -0.140. The first-order valence-electron chi connectivity index (χ1n) is 5.27. The van der Waals surface area contributed by atoms with Gasteiger partial charge in [-0.25, -0.2) is 9.97 Å². The van der Waals surface area contributed by atoms with Gasteiger partial charge >= 0.3 is 0 Å². The first-order chi connectivity index (χ1) is 8.27. The quantitative estimate of drug-likeness (QED) is 0.834. The zero-order valence-corrected chi connectivity index (χ0v) is 10.1. The number of nitrogens with one attached hydrogen (secondary N) is 1. The number of hydrogen-bond acceptors (Lipinski definition) is 5. The second kappa shape index (κ2) is 4.92. The van der Waals surface area contributed by atoms with E-state index in [1.807, 2.05) is 24.9 Å². The maximum Gasteiger partial charge on any atom is 0.237 e. The Morgan fingerprint density at radius 1 is 1.24 bits per heavy atom. The molecule has 2 heterocycles. The summed E-state index contributed by atoms with van der Waals surface area (Å²) in [5, 5.41) is 3.17.